The summed E-state index contributed by atoms with van der Waals surface area (Å²) in [5, 5.41) is 6.78. The van der Waals surface area contributed by atoms with Crippen LogP contribution in [0.5, 0.6) is 5.75 Å². The Morgan fingerprint density at radius 1 is 1.07 bits per heavy atom. The molecule has 3 rings (SSSR count). The van der Waals surface area contributed by atoms with Crippen LogP contribution in [0.3, 0.4) is 0 Å². The summed E-state index contributed by atoms with van der Waals surface area (Å²) in [7, 11) is 1.56. The van der Waals surface area contributed by atoms with Crippen LogP contribution in [-0.2, 0) is 0 Å². The highest BCUT2D eigenvalue weighted by Crippen LogP contribution is 2.33. The molecule has 27 heavy (non-hydrogen) atoms. The number of rotatable bonds is 6. The molecule has 0 aliphatic heterocycles. The van der Waals surface area contributed by atoms with Crippen molar-refractivity contribution in [2.75, 3.05) is 23.5 Å². The Labute approximate surface area is 161 Å². The number of nitrogens with two attached hydrogens (primary N) is 1. The van der Waals surface area contributed by atoms with Crippen molar-refractivity contribution in [3.8, 4) is 5.75 Å². The molecule has 1 heterocycles. The lowest BCUT2D eigenvalue weighted by Gasteiger charge is -2.14. The Morgan fingerprint density at radius 2 is 1.74 bits per heavy atom. The maximum absolute atomic E-state index is 11.4. The van der Waals surface area contributed by atoms with Gasteiger partial charge >= 0.3 is 0 Å². The van der Waals surface area contributed by atoms with Gasteiger partial charge in [-0.15, -0.1) is 0 Å². The molecular formula is C19H18ClN5O2. The second-order valence-corrected chi connectivity index (χ2v) is 6.15. The molecule has 0 saturated carbocycles. The van der Waals surface area contributed by atoms with Gasteiger partial charge in [0.1, 0.15) is 17.8 Å². The number of carbonyl (C=O) groups is 1. The van der Waals surface area contributed by atoms with Crippen molar-refractivity contribution in [1.82, 2.24) is 9.97 Å². The number of ether oxygens (including phenoxy) is 1. The van der Waals surface area contributed by atoms with Gasteiger partial charge in [0.15, 0.2) is 17.4 Å². The van der Waals surface area contributed by atoms with E-state index in [1.54, 1.807) is 49.6 Å². The molecule has 0 aliphatic rings. The van der Waals surface area contributed by atoms with E-state index in [0.29, 0.717) is 39.3 Å². The second-order valence-electron chi connectivity index (χ2n) is 5.71. The average Bonchev–Trinajstić information content (AvgIpc) is 2.65. The number of nitrogens with one attached hydrogen (secondary N) is 2. The zero-order valence-corrected chi connectivity index (χ0v) is 15.5. The molecule has 4 N–H and O–H groups in total. The van der Waals surface area contributed by atoms with Gasteiger partial charge in [-0.05, 0) is 49.4 Å². The van der Waals surface area contributed by atoms with Crippen LogP contribution >= 0.6 is 11.6 Å². The quantitative estimate of drug-likeness (QED) is 0.542. The number of aromatic nitrogens is 2. The molecule has 1 aromatic heterocycles. The number of Topliss-reactive ketones (excluding diaryl/α,β-unsaturated/α-hetero) is 1. The van der Waals surface area contributed by atoms with Crippen LogP contribution in [0.15, 0.2) is 48.8 Å². The molecule has 0 saturated heterocycles. The molecule has 0 fully saturated rings. The molecule has 7 nitrogen and oxygen atoms in total. The number of benzene rings is 2. The minimum absolute atomic E-state index is 0.00468. The fraction of sp³-hybridized carbons (Fsp3) is 0.105. The first kappa shape index (κ1) is 18.5. The van der Waals surface area contributed by atoms with Crippen LogP contribution in [0.1, 0.15) is 17.3 Å². The molecule has 0 amide bonds. The molecule has 0 radical (unpaired) electrons. The minimum Gasteiger partial charge on any atom is -0.495 e. The second kappa shape index (κ2) is 7.92. The number of nitrogen functional groups attached to an aromatic ring is 1. The van der Waals surface area contributed by atoms with Crippen LogP contribution in [0.25, 0.3) is 0 Å². The lowest BCUT2D eigenvalue weighted by Crippen LogP contribution is -2.06. The molecule has 0 aliphatic carbocycles. The molecule has 138 valence electrons. The van der Waals surface area contributed by atoms with E-state index in [-0.39, 0.29) is 5.78 Å². The maximum atomic E-state index is 11.4. The molecular weight excluding hydrogens is 366 g/mol. The highest BCUT2D eigenvalue weighted by Gasteiger charge is 2.12. The van der Waals surface area contributed by atoms with Crippen molar-refractivity contribution in [3.05, 3.63) is 59.4 Å². The van der Waals surface area contributed by atoms with Gasteiger partial charge in [-0.3, -0.25) is 4.79 Å². The van der Waals surface area contributed by atoms with Crippen molar-refractivity contribution in [3.63, 3.8) is 0 Å². The zero-order chi connectivity index (χ0) is 19.4. The van der Waals surface area contributed by atoms with E-state index in [1.807, 2.05) is 0 Å². The number of nitrogens with zero attached hydrogens (tertiary/aromatic N) is 2. The standard InChI is InChI=1S/C19H18ClN5O2/c1-11(26)12-3-6-14(7-4-12)24-18-17(21)19(23-10-22-18)25-15-9-13(20)5-8-16(15)27-2/h3-10H,21H2,1-2H3,(H2,22,23,24,25). The van der Waals surface area contributed by atoms with Crippen LogP contribution in [0.4, 0.5) is 28.7 Å². The lowest BCUT2D eigenvalue weighted by molar-refractivity contribution is 0.101. The van der Waals surface area contributed by atoms with E-state index in [4.69, 9.17) is 22.1 Å². The minimum atomic E-state index is 0.00468. The first-order chi connectivity index (χ1) is 13.0. The highest BCUT2D eigenvalue weighted by atomic mass is 35.5. The summed E-state index contributed by atoms with van der Waals surface area (Å²) in [5.41, 5.74) is 8.55. The van der Waals surface area contributed by atoms with Crippen LogP contribution in [0, 0.1) is 0 Å². The van der Waals surface area contributed by atoms with Gasteiger partial charge in [-0.25, -0.2) is 9.97 Å². The van der Waals surface area contributed by atoms with E-state index in [1.165, 1.54) is 13.3 Å². The average molecular weight is 384 g/mol. The maximum Gasteiger partial charge on any atom is 0.159 e. The highest BCUT2D eigenvalue weighted by molar-refractivity contribution is 6.31. The van der Waals surface area contributed by atoms with Crippen LogP contribution in [0.2, 0.25) is 5.02 Å². The SMILES string of the molecule is COc1ccc(Cl)cc1Nc1ncnc(Nc2ccc(C(C)=O)cc2)c1N. The molecule has 8 heteroatoms. The largest absolute Gasteiger partial charge is 0.495 e. The number of carbonyl (C=O) groups excluding carboxylic acids is 1. The number of ketones is 1. The third-order valence-electron chi connectivity index (χ3n) is 3.85. The van der Waals surface area contributed by atoms with Gasteiger partial charge in [0.2, 0.25) is 0 Å². The van der Waals surface area contributed by atoms with Crippen molar-refractivity contribution in [1.29, 1.82) is 0 Å². The lowest BCUT2D eigenvalue weighted by atomic mass is 10.1. The molecule has 0 bridgehead atoms. The fourth-order valence-corrected chi connectivity index (χ4v) is 2.60. The summed E-state index contributed by atoms with van der Waals surface area (Å²) >= 11 is 6.06. The number of hydrogen-bond acceptors (Lipinski definition) is 7. The predicted octanol–water partition coefficient (Wildman–Crippen LogP) is 4.41. The van der Waals surface area contributed by atoms with Gasteiger partial charge in [0.25, 0.3) is 0 Å². The van der Waals surface area contributed by atoms with E-state index in [0.717, 1.165) is 5.69 Å². The first-order valence-corrected chi connectivity index (χ1v) is 8.45. The summed E-state index contributed by atoms with van der Waals surface area (Å²) in [6.45, 7) is 1.52. The van der Waals surface area contributed by atoms with Gasteiger partial charge in [0, 0.05) is 16.3 Å². The fourth-order valence-electron chi connectivity index (χ4n) is 2.43. The van der Waals surface area contributed by atoms with E-state index < -0.39 is 0 Å². The van der Waals surface area contributed by atoms with Crippen LogP contribution in [-0.4, -0.2) is 22.9 Å². The number of halogens is 1. The third-order valence-corrected chi connectivity index (χ3v) is 4.09. The van der Waals surface area contributed by atoms with Crippen molar-refractivity contribution < 1.29 is 9.53 Å². The summed E-state index contributed by atoms with van der Waals surface area (Å²) in [4.78, 5) is 19.7. The van der Waals surface area contributed by atoms with Crippen LogP contribution < -0.4 is 21.1 Å². The smallest absolute Gasteiger partial charge is 0.159 e. The van der Waals surface area contributed by atoms with Gasteiger partial charge in [0.05, 0.1) is 12.8 Å². The Hall–Kier alpha value is -3.32. The topological polar surface area (TPSA) is 102 Å². The number of anilines is 5. The van der Waals surface area contributed by atoms with Gasteiger partial charge < -0.3 is 21.1 Å². The van der Waals surface area contributed by atoms with E-state index >= 15 is 0 Å². The Kier molecular flexibility index (Phi) is 5.42. The van der Waals surface area contributed by atoms with Crippen molar-refractivity contribution >= 4 is 46.1 Å². The molecule has 2 aromatic carbocycles. The van der Waals surface area contributed by atoms with E-state index in [9.17, 15) is 4.79 Å². The summed E-state index contributed by atoms with van der Waals surface area (Å²) < 4.78 is 5.32. The normalized spacial score (nSPS) is 10.3. The van der Waals surface area contributed by atoms with E-state index in [2.05, 4.69) is 20.6 Å². The van der Waals surface area contributed by atoms with Crippen molar-refractivity contribution in [2.24, 2.45) is 0 Å². The Balaban J connectivity index is 1.86. The van der Waals surface area contributed by atoms with Gasteiger partial charge in [-0.1, -0.05) is 11.6 Å². The van der Waals surface area contributed by atoms with Gasteiger partial charge in [-0.2, -0.15) is 0 Å². The third kappa shape index (κ3) is 4.27. The summed E-state index contributed by atoms with van der Waals surface area (Å²) in [6, 6.07) is 12.2. The molecule has 3 aromatic rings. The predicted molar refractivity (Wildman–Crippen MR) is 107 cm³/mol. The van der Waals surface area contributed by atoms with Crippen molar-refractivity contribution in [2.45, 2.75) is 6.92 Å². The monoisotopic (exact) mass is 383 g/mol. The molecule has 0 unspecified atom stereocenters. The summed E-state index contributed by atoms with van der Waals surface area (Å²) in [6.07, 6.45) is 1.39. The Bertz CT molecular complexity index is 976. The molecule has 0 atom stereocenters. The number of hydrogen-bond donors (Lipinski definition) is 3. The molecule has 0 spiro atoms. The summed E-state index contributed by atoms with van der Waals surface area (Å²) in [5.74, 6) is 1.45. The number of methoxy groups -OCH3 is 1. The Morgan fingerprint density at radius 3 is 2.37 bits per heavy atom. The first-order valence-electron chi connectivity index (χ1n) is 8.07. The zero-order valence-electron chi connectivity index (χ0n) is 14.8.